The molecule has 0 spiro atoms. The fourth-order valence-corrected chi connectivity index (χ4v) is 2.65. The Morgan fingerprint density at radius 3 is 2.76 bits per heavy atom. The molecule has 1 aliphatic rings. The SMILES string of the molecule is CC/C=C\CCc1ccc2c(c1)CC(O)=C(C(=O)NCC(=O)O)N2O. The van der Waals surface area contributed by atoms with E-state index in [1.807, 2.05) is 12.1 Å². The summed E-state index contributed by atoms with van der Waals surface area (Å²) in [5, 5.41) is 31.7. The van der Waals surface area contributed by atoms with Crippen LogP contribution in [-0.4, -0.2) is 33.8 Å². The molecule has 1 aromatic carbocycles. The van der Waals surface area contributed by atoms with Gasteiger partial charge in [0.05, 0.1) is 5.69 Å². The van der Waals surface area contributed by atoms with E-state index in [2.05, 4.69) is 24.4 Å². The average molecular weight is 346 g/mol. The Kier molecular flexibility index (Phi) is 6.19. The molecule has 4 N–H and O–H groups in total. The third-order valence-corrected chi connectivity index (χ3v) is 3.83. The Labute approximate surface area is 145 Å². The first-order valence-electron chi connectivity index (χ1n) is 8.12. The summed E-state index contributed by atoms with van der Waals surface area (Å²) in [6, 6.07) is 5.43. The lowest BCUT2D eigenvalue weighted by Gasteiger charge is -2.27. The zero-order valence-electron chi connectivity index (χ0n) is 14.0. The van der Waals surface area contributed by atoms with Crippen LogP contribution in [0.5, 0.6) is 0 Å². The molecule has 1 aromatic rings. The molecule has 0 radical (unpaired) electrons. The second kappa shape index (κ2) is 8.34. The molecule has 0 aromatic heterocycles. The van der Waals surface area contributed by atoms with Crippen molar-refractivity contribution in [3.63, 3.8) is 0 Å². The van der Waals surface area contributed by atoms with Crippen molar-refractivity contribution in [2.75, 3.05) is 11.6 Å². The number of carboxylic acid groups (broad SMARTS) is 1. The van der Waals surface area contributed by atoms with Crippen LogP contribution in [0.1, 0.15) is 30.9 Å². The van der Waals surface area contributed by atoms with Gasteiger partial charge >= 0.3 is 5.97 Å². The van der Waals surface area contributed by atoms with Crippen molar-refractivity contribution in [2.45, 2.75) is 32.6 Å². The number of aliphatic carboxylic acids is 1. The number of hydrogen-bond acceptors (Lipinski definition) is 5. The van der Waals surface area contributed by atoms with Gasteiger partial charge in [-0.25, -0.2) is 5.06 Å². The summed E-state index contributed by atoms with van der Waals surface area (Å²) < 4.78 is 0. The van der Waals surface area contributed by atoms with Gasteiger partial charge in [0.15, 0.2) is 5.70 Å². The Morgan fingerprint density at radius 1 is 1.32 bits per heavy atom. The van der Waals surface area contributed by atoms with Crippen molar-refractivity contribution in [3.8, 4) is 0 Å². The van der Waals surface area contributed by atoms with E-state index in [-0.39, 0.29) is 17.9 Å². The smallest absolute Gasteiger partial charge is 0.322 e. The van der Waals surface area contributed by atoms with E-state index in [4.69, 9.17) is 5.11 Å². The van der Waals surface area contributed by atoms with Crippen molar-refractivity contribution in [2.24, 2.45) is 0 Å². The number of amides is 1. The van der Waals surface area contributed by atoms with Crippen molar-refractivity contribution in [1.82, 2.24) is 5.32 Å². The predicted molar refractivity (Wildman–Crippen MR) is 92.5 cm³/mol. The van der Waals surface area contributed by atoms with Gasteiger partial charge in [0.25, 0.3) is 5.91 Å². The molecule has 0 saturated carbocycles. The van der Waals surface area contributed by atoms with Gasteiger partial charge in [-0.1, -0.05) is 31.2 Å². The fraction of sp³-hybridized carbons (Fsp3) is 0.333. The second-order valence-electron chi connectivity index (χ2n) is 5.74. The molecule has 0 saturated heterocycles. The van der Waals surface area contributed by atoms with Gasteiger partial charge in [0.1, 0.15) is 12.3 Å². The molecule has 0 bridgehead atoms. The summed E-state index contributed by atoms with van der Waals surface area (Å²) in [5.74, 6) is -2.36. The summed E-state index contributed by atoms with van der Waals surface area (Å²) in [7, 11) is 0. The van der Waals surface area contributed by atoms with Crippen LogP contribution in [0.4, 0.5) is 5.69 Å². The Hall–Kier alpha value is -2.80. The highest BCUT2D eigenvalue weighted by atomic mass is 16.5. The van der Waals surface area contributed by atoms with Crippen LogP contribution >= 0.6 is 0 Å². The number of carbonyl (C=O) groups is 2. The molecule has 0 fully saturated rings. The second-order valence-corrected chi connectivity index (χ2v) is 5.74. The summed E-state index contributed by atoms with van der Waals surface area (Å²) in [6.45, 7) is 1.48. The number of aliphatic hydroxyl groups excluding tert-OH is 1. The molecule has 7 nitrogen and oxygen atoms in total. The number of carboxylic acids is 1. The molecule has 0 aliphatic carbocycles. The third-order valence-electron chi connectivity index (χ3n) is 3.83. The zero-order valence-corrected chi connectivity index (χ0v) is 14.0. The maximum absolute atomic E-state index is 12.0. The summed E-state index contributed by atoms with van der Waals surface area (Å²) in [5.41, 5.74) is 1.81. The van der Waals surface area contributed by atoms with Gasteiger partial charge in [-0.15, -0.1) is 0 Å². The van der Waals surface area contributed by atoms with E-state index in [0.29, 0.717) is 16.3 Å². The Morgan fingerprint density at radius 2 is 2.08 bits per heavy atom. The van der Waals surface area contributed by atoms with Crippen LogP contribution in [-0.2, 0) is 22.4 Å². The minimum atomic E-state index is -1.21. The number of anilines is 1. The van der Waals surface area contributed by atoms with Crippen LogP contribution in [0.25, 0.3) is 0 Å². The first-order chi connectivity index (χ1) is 11.9. The van der Waals surface area contributed by atoms with E-state index in [9.17, 15) is 19.9 Å². The number of benzene rings is 1. The fourth-order valence-electron chi connectivity index (χ4n) is 2.65. The summed E-state index contributed by atoms with van der Waals surface area (Å²) in [6.07, 6.45) is 7.05. The maximum Gasteiger partial charge on any atom is 0.322 e. The average Bonchev–Trinajstić information content (AvgIpc) is 2.56. The molecule has 1 aliphatic heterocycles. The standard InChI is InChI=1S/C18H22N2O5/c1-2-3-4-5-6-12-7-8-14-13(9-12)10-15(21)17(20(14)25)18(24)19-11-16(22)23/h3-4,7-9,21,25H,2,5-6,10-11H2,1H3,(H,19,24)(H,22,23)/b4-3-. The molecule has 0 atom stereocenters. The molecule has 1 heterocycles. The first-order valence-corrected chi connectivity index (χ1v) is 8.12. The lowest BCUT2D eigenvalue weighted by atomic mass is 9.98. The normalized spacial score (nSPS) is 13.9. The van der Waals surface area contributed by atoms with E-state index in [0.717, 1.165) is 24.8 Å². The van der Waals surface area contributed by atoms with Crippen molar-refractivity contribution in [1.29, 1.82) is 0 Å². The number of aliphatic hydroxyl groups is 1. The van der Waals surface area contributed by atoms with Crippen molar-refractivity contribution in [3.05, 3.63) is 52.9 Å². The highest BCUT2D eigenvalue weighted by Gasteiger charge is 2.29. The van der Waals surface area contributed by atoms with E-state index in [1.54, 1.807) is 6.07 Å². The van der Waals surface area contributed by atoms with E-state index >= 15 is 0 Å². The molecule has 2 rings (SSSR count). The predicted octanol–water partition coefficient (Wildman–Crippen LogP) is 2.31. The molecule has 7 heteroatoms. The quantitative estimate of drug-likeness (QED) is 0.564. The first kappa shape index (κ1) is 18.5. The highest BCUT2D eigenvalue weighted by Crippen LogP contribution is 2.32. The molecule has 1 amide bonds. The van der Waals surface area contributed by atoms with Gasteiger partial charge < -0.3 is 15.5 Å². The number of carbonyl (C=O) groups excluding carboxylic acids is 1. The van der Waals surface area contributed by atoms with Gasteiger partial charge in [0.2, 0.25) is 0 Å². The zero-order chi connectivity index (χ0) is 18.4. The summed E-state index contributed by atoms with van der Waals surface area (Å²) in [4.78, 5) is 22.5. The van der Waals surface area contributed by atoms with Crippen molar-refractivity contribution < 1.29 is 25.0 Å². The lowest BCUT2D eigenvalue weighted by molar-refractivity contribution is -0.137. The number of nitrogens with zero attached hydrogens (tertiary/aromatic N) is 1. The number of rotatable bonds is 7. The van der Waals surface area contributed by atoms with Crippen LogP contribution in [0, 0.1) is 0 Å². The van der Waals surface area contributed by atoms with Gasteiger partial charge in [0, 0.05) is 6.42 Å². The number of aryl methyl sites for hydroxylation is 1. The number of hydrogen-bond donors (Lipinski definition) is 4. The van der Waals surface area contributed by atoms with Crippen molar-refractivity contribution >= 4 is 17.6 Å². The molecular weight excluding hydrogens is 324 g/mol. The Bertz CT molecular complexity index is 724. The monoisotopic (exact) mass is 346 g/mol. The molecule has 134 valence electrons. The minimum absolute atomic E-state index is 0.0981. The molecule has 0 unspecified atom stereocenters. The van der Waals surface area contributed by atoms with E-state index < -0.39 is 18.4 Å². The third kappa shape index (κ3) is 4.60. The van der Waals surface area contributed by atoms with Gasteiger partial charge in [-0.2, -0.15) is 0 Å². The molecule has 25 heavy (non-hydrogen) atoms. The number of hydroxylamine groups is 1. The number of allylic oxidation sites excluding steroid dienone is 3. The number of fused-ring (bicyclic) bond motifs is 1. The Balaban J connectivity index is 2.15. The van der Waals surface area contributed by atoms with Gasteiger partial charge in [-0.3, -0.25) is 14.8 Å². The van der Waals surface area contributed by atoms with Gasteiger partial charge in [-0.05, 0) is 36.5 Å². The minimum Gasteiger partial charge on any atom is -0.509 e. The van der Waals surface area contributed by atoms with E-state index in [1.165, 1.54) is 0 Å². The maximum atomic E-state index is 12.0. The molecular formula is C18H22N2O5. The van der Waals surface area contributed by atoms with Crippen LogP contribution < -0.4 is 10.4 Å². The highest BCUT2D eigenvalue weighted by molar-refractivity contribution is 5.99. The topological polar surface area (TPSA) is 110 Å². The van der Waals surface area contributed by atoms with Crippen LogP contribution in [0.3, 0.4) is 0 Å². The lowest BCUT2D eigenvalue weighted by Crippen LogP contribution is -2.39. The van der Waals surface area contributed by atoms with Crippen LogP contribution in [0.15, 0.2) is 41.8 Å². The van der Waals surface area contributed by atoms with Crippen LogP contribution in [0.2, 0.25) is 0 Å². The number of nitrogens with one attached hydrogen (secondary N) is 1. The largest absolute Gasteiger partial charge is 0.509 e. The summed E-state index contributed by atoms with van der Waals surface area (Å²) >= 11 is 0.